The van der Waals surface area contributed by atoms with Crippen LogP contribution in [0, 0.1) is 0 Å². The van der Waals surface area contributed by atoms with Gasteiger partial charge in [0.15, 0.2) is 11.5 Å². The van der Waals surface area contributed by atoms with Crippen molar-refractivity contribution in [3.05, 3.63) is 95.6 Å². The number of hydrogen-bond acceptors (Lipinski definition) is 4. The van der Waals surface area contributed by atoms with Gasteiger partial charge in [0.1, 0.15) is 0 Å². The molecule has 0 fully saturated rings. The fraction of sp³-hybridized carbons (Fsp3) is 0.231. The lowest BCUT2D eigenvalue weighted by Gasteiger charge is -2.29. The number of fused-ring (bicyclic) bond motifs is 1. The molecule has 0 saturated carbocycles. The molecule has 0 aromatic heterocycles. The van der Waals surface area contributed by atoms with Gasteiger partial charge >= 0.3 is 0 Å². The standard InChI is InChI=1S/C26H26N2O4/c1-28(26(30)20-11-6-3-7-12-20)21(17-19-9-4-2-5-10-19)15-16-27-25(29)22-13-8-14-23-24(22)32-18-31-23/h2-14,21H,15-18H2,1H3,(H,27,29)/t21-/m1/s1. The van der Waals surface area contributed by atoms with Crippen LogP contribution in [0.4, 0.5) is 0 Å². The summed E-state index contributed by atoms with van der Waals surface area (Å²) in [6.07, 6.45) is 1.31. The molecule has 3 aromatic carbocycles. The van der Waals surface area contributed by atoms with E-state index >= 15 is 0 Å². The number of carbonyl (C=O) groups excluding carboxylic acids is 2. The topological polar surface area (TPSA) is 67.9 Å². The van der Waals surface area contributed by atoms with Crippen LogP contribution >= 0.6 is 0 Å². The molecule has 0 unspecified atom stereocenters. The maximum absolute atomic E-state index is 13.0. The summed E-state index contributed by atoms with van der Waals surface area (Å²) in [5.41, 5.74) is 2.24. The zero-order valence-electron chi connectivity index (χ0n) is 18.0. The second kappa shape index (κ2) is 10.0. The summed E-state index contributed by atoms with van der Waals surface area (Å²) < 4.78 is 10.8. The van der Waals surface area contributed by atoms with E-state index in [9.17, 15) is 9.59 Å². The van der Waals surface area contributed by atoms with Crippen LogP contribution in [0.1, 0.15) is 32.7 Å². The summed E-state index contributed by atoms with van der Waals surface area (Å²) in [7, 11) is 1.82. The Morgan fingerprint density at radius 3 is 2.41 bits per heavy atom. The number of ether oxygens (including phenoxy) is 2. The van der Waals surface area contributed by atoms with Crippen LogP contribution in [0.3, 0.4) is 0 Å². The fourth-order valence-corrected chi connectivity index (χ4v) is 3.83. The fourth-order valence-electron chi connectivity index (χ4n) is 3.83. The Kier molecular flexibility index (Phi) is 6.70. The van der Waals surface area contributed by atoms with Crippen LogP contribution in [0.2, 0.25) is 0 Å². The molecule has 3 aromatic rings. The number of para-hydroxylation sites is 1. The first kappa shape index (κ1) is 21.4. The molecule has 4 rings (SSSR count). The van der Waals surface area contributed by atoms with E-state index in [1.165, 1.54) is 0 Å². The van der Waals surface area contributed by atoms with E-state index in [2.05, 4.69) is 17.4 Å². The van der Waals surface area contributed by atoms with Crippen LogP contribution in [0.15, 0.2) is 78.9 Å². The molecule has 0 bridgehead atoms. The lowest BCUT2D eigenvalue weighted by molar-refractivity contribution is 0.0723. The highest BCUT2D eigenvalue weighted by Crippen LogP contribution is 2.35. The quantitative estimate of drug-likeness (QED) is 0.588. The number of amides is 2. The highest BCUT2D eigenvalue weighted by molar-refractivity contribution is 5.98. The molecule has 2 amide bonds. The summed E-state index contributed by atoms with van der Waals surface area (Å²) in [5, 5.41) is 2.97. The number of likely N-dealkylation sites (N-methyl/N-ethyl adjacent to an activating group) is 1. The van der Waals surface area contributed by atoms with E-state index in [-0.39, 0.29) is 24.6 Å². The zero-order valence-corrected chi connectivity index (χ0v) is 18.0. The molecule has 0 radical (unpaired) electrons. The van der Waals surface area contributed by atoms with Gasteiger partial charge in [-0.25, -0.2) is 0 Å². The predicted octanol–water partition coefficient (Wildman–Crippen LogP) is 3.92. The molecule has 0 spiro atoms. The van der Waals surface area contributed by atoms with Crippen LogP contribution < -0.4 is 14.8 Å². The molecular weight excluding hydrogens is 404 g/mol. The van der Waals surface area contributed by atoms with Crippen molar-refractivity contribution in [1.82, 2.24) is 10.2 Å². The Labute approximate surface area is 187 Å². The number of rotatable bonds is 8. The number of carbonyl (C=O) groups is 2. The summed E-state index contributed by atoms with van der Waals surface area (Å²) in [6.45, 7) is 0.540. The van der Waals surface area contributed by atoms with Crippen LogP contribution in [0.5, 0.6) is 11.5 Å². The van der Waals surface area contributed by atoms with E-state index in [1.807, 2.05) is 55.6 Å². The van der Waals surface area contributed by atoms with E-state index in [1.54, 1.807) is 23.1 Å². The second-order valence-electron chi connectivity index (χ2n) is 7.71. The highest BCUT2D eigenvalue weighted by atomic mass is 16.7. The Hall–Kier alpha value is -3.80. The lowest BCUT2D eigenvalue weighted by Crippen LogP contribution is -2.41. The Balaban J connectivity index is 1.44. The van der Waals surface area contributed by atoms with E-state index in [0.29, 0.717) is 42.0 Å². The first-order valence-electron chi connectivity index (χ1n) is 10.7. The first-order valence-corrected chi connectivity index (χ1v) is 10.7. The van der Waals surface area contributed by atoms with E-state index < -0.39 is 0 Å². The maximum atomic E-state index is 13.0. The molecule has 6 nitrogen and oxygen atoms in total. The first-order chi connectivity index (χ1) is 15.6. The number of nitrogens with zero attached hydrogens (tertiary/aromatic N) is 1. The molecule has 1 aliphatic rings. The van der Waals surface area contributed by atoms with Gasteiger partial charge in [-0.1, -0.05) is 54.6 Å². The van der Waals surface area contributed by atoms with Gasteiger partial charge in [0, 0.05) is 25.2 Å². The molecule has 0 aliphatic carbocycles. The van der Waals surface area contributed by atoms with Crippen LogP contribution in [-0.4, -0.2) is 43.1 Å². The van der Waals surface area contributed by atoms with Gasteiger partial charge in [-0.05, 0) is 42.7 Å². The van der Waals surface area contributed by atoms with Gasteiger partial charge in [-0.2, -0.15) is 0 Å². The van der Waals surface area contributed by atoms with Crippen LogP contribution in [0.25, 0.3) is 0 Å². The SMILES string of the molecule is CN(C(=O)c1ccccc1)[C@H](CCNC(=O)c1cccc2c1OCO2)Cc1ccccc1. The highest BCUT2D eigenvalue weighted by Gasteiger charge is 2.24. The van der Waals surface area contributed by atoms with Crippen molar-refractivity contribution in [1.29, 1.82) is 0 Å². The molecule has 1 aliphatic heterocycles. The normalized spacial score (nSPS) is 12.8. The molecule has 1 N–H and O–H groups in total. The third-order valence-corrected chi connectivity index (χ3v) is 5.61. The van der Waals surface area contributed by atoms with Crippen molar-refractivity contribution < 1.29 is 19.1 Å². The molecule has 164 valence electrons. The maximum Gasteiger partial charge on any atom is 0.255 e. The van der Waals surface area contributed by atoms with Crippen molar-refractivity contribution in [2.24, 2.45) is 0 Å². The number of hydrogen-bond donors (Lipinski definition) is 1. The largest absolute Gasteiger partial charge is 0.454 e. The van der Waals surface area contributed by atoms with Gasteiger partial charge in [-0.15, -0.1) is 0 Å². The smallest absolute Gasteiger partial charge is 0.255 e. The van der Waals surface area contributed by atoms with Gasteiger partial charge < -0.3 is 19.7 Å². The van der Waals surface area contributed by atoms with Crippen molar-refractivity contribution >= 4 is 11.8 Å². The minimum Gasteiger partial charge on any atom is -0.454 e. The third-order valence-electron chi connectivity index (χ3n) is 5.61. The van der Waals surface area contributed by atoms with Crippen molar-refractivity contribution in [3.63, 3.8) is 0 Å². The molecular formula is C26H26N2O4. The zero-order chi connectivity index (χ0) is 22.3. The van der Waals surface area contributed by atoms with Gasteiger partial charge in [-0.3, -0.25) is 9.59 Å². The van der Waals surface area contributed by atoms with Crippen molar-refractivity contribution in [2.45, 2.75) is 18.9 Å². The summed E-state index contributed by atoms with van der Waals surface area (Å²) in [6, 6.07) is 24.5. The van der Waals surface area contributed by atoms with Gasteiger partial charge in [0.05, 0.1) is 5.56 Å². The molecule has 32 heavy (non-hydrogen) atoms. The molecule has 1 heterocycles. The minimum atomic E-state index is -0.220. The second-order valence-corrected chi connectivity index (χ2v) is 7.71. The van der Waals surface area contributed by atoms with Crippen LogP contribution in [-0.2, 0) is 6.42 Å². The third kappa shape index (κ3) is 4.91. The summed E-state index contributed by atoms with van der Waals surface area (Å²) in [5.74, 6) is 0.794. The molecule has 0 saturated heterocycles. The van der Waals surface area contributed by atoms with Gasteiger partial charge in [0.25, 0.3) is 11.8 Å². The summed E-state index contributed by atoms with van der Waals surface area (Å²) in [4.78, 5) is 27.5. The predicted molar refractivity (Wildman–Crippen MR) is 122 cm³/mol. The monoisotopic (exact) mass is 430 g/mol. The average molecular weight is 431 g/mol. The molecule has 6 heteroatoms. The number of benzene rings is 3. The number of nitrogens with one attached hydrogen (secondary N) is 1. The van der Waals surface area contributed by atoms with E-state index in [4.69, 9.17) is 9.47 Å². The Morgan fingerprint density at radius 2 is 1.66 bits per heavy atom. The van der Waals surface area contributed by atoms with Crippen molar-refractivity contribution in [3.8, 4) is 11.5 Å². The van der Waals surface area contributed by atoms with Crippen molar-refractivity contribution in [2.75, 3.05) is 20.4 Å². The molecule has 1 atom stereocenters. The van der Waals surface area contributed by atoms with Gasteiger partial charge in [0.2, 0.25) is 6.79 Å². The Bertz CT molecular complexity index is 1070. The van der Waals surface area contributed by atoms with E-state index in [0.717, 1.165) is 5.56 Å². The average Bonchev–Trinajstić information content (AvgIpc) is 3.32. The minimum absolute atomic E-state index is 0.0377. The lowest BCUT2D eigenvalue weighted by atomic mass is 10.0. The summed E-state index contributed by atoms with van der Waals surface area (Å²) >= 11 is 0. The Morgan fingerprint density at radius 1 is 0.938 bits per heavy atom.